The first-order valence-corrected chi connectivity index (χ1v) is 5.99. The van der Waals surface area contributed by atoms with Gasteiger partial charge in [0.1, 0.15) is 6.61 Å². The van der Waals surface area contributed by atoms with Crippen LogP contribution in [-0.2, 0) is 16.1 Å². The minimum absolute atomic E-state index is 0.228. The summed E-state index contributed by atoms with van der Waals surface area (Å²) in [6.45, 7) is 1.02. The van der Waals surface area contributed by atoms with E-state index in [-0.39, 0.29) is 19.3 Å². The zero-order valence-electron chi connectivity index (χ0n) is 10.0. The van der Waals surface area contributed by atoms with Gasteiger partial charge in [0.15, 0.2) is 0 Å². The van der Waals surface area contributed by atoms with Crippen LogP contribution in [0.1, 0.15) is 12.0 Å². The fourth-order valence-corrected chi connectivity index (χ4v) is 1.81. The van der Waals surface area contributed by atoms with Gasteiger partial charge in [-0.1, -0.05) is 30.3 Å². The summed E-state index contributed by atoms with van der Waals surface area (Å²) in [5, 5.41) is 12.3. The monoisotopic (exact) mass is 251 g/mol. The van der Waals surface area contributed by atoms with Gasteiger partial charge in [-0.15, -0.1) is 0 Å². The molecule has 1 amide bonds. The van der Waals surface area contributed by atoms with Crippen LogP contribution in [0.2, 0.25) is 0 Å². The lowest BCUT2D eigenvalue weighted by Gasteiger charge is -2.27. The molecule has 1 aromatic rings. The fourth-order valence-electron chi connectivity index (χ4n) is 1.81. The quantitative estimate of drug-likeness (QED) is 0.843. The lowest BCUT2D eigenvalue weighted by Crippen LogP contribution is -2.48. The van der Waals surface area contributed by atoms with Crippen molar-refractivity contribution < 1.29 is 19.4 Å². The number of rotatable bonds is 3. The molecule has 2 atom stereocenters. The van der Waals surface area contributed by atoms with Crippen LogP contribution in [0.25, 0.3) is 0 Å². The summed E-state index contributed by atoms with van der Waals surface area (Å²) in [5.41, 5.74) is 0.931. The highest BCUT2D eigenvalue weighted by Crippen LogP contribution is 2.08. The van der Waals surface area contributed by atoms with Crippen LogP contribution in [0, 0.1) is 0 Å². The van der Waals surface area contributed by atoms with Crippen LogP contribution in [0.15, 0.2) is 30.3 Å². The Morgan fingerprint density at radius 3 is 2.94 bits per heavy atom. The van der Waals surface area contributed by atoms with Crippen molar-refractivity contribution in [3.05, 3.63) is 35.9 Å². The van der Waals surface area contributed by atoms with Gasteiger partial charge in [0, 0.05) is 6.61 Å². The number of amides is 1. The zero-order valence-corrected chi connectivity index (χ0v) is 10.0. The standard InChI is InChI=1S/C13H17NO4/c15-12-9-17-7-6-11(12)14-13(16)18-8-10-4-2-1-3-5-10/h1-5,11-12,15H,6-9H2,(H,14,16)/t11-,12+/m0/s1. The predicted octanol–water partition coefficient (Wildman–Crippen LogP) is 1.06. The molecule has 0 aromatic heterocycles. The normalized spacial score (nSPS) is 23.4. The molecule has 0 radical (unpaired) electrons. The lowest BCUT2D eigenvalue weighted by molar-refractivity contribution is -0.0274. The fraction of sp³-hybridized carbons (Fsp3) is 0.462. The first-order chi connectivity index (χ1) is 8.75. The molecule has 0 saturated carbocycles. The Labute approximate surface area is 106 Å². The van der Waals surface area contributed by atoms with E-state index in [2.05, 4.69) is 5.32 Å². The van der Waals surface area contributed by atoms with E-state index in [1.165, 1.54) is 0 Å². The van der Waals surface area contributed by atoms with Crippen molar-refractivity contribution in [3.8, 4) is 0 Å². The summed E-state index contributed by atoms with van der Waals surface area (Å²) >= 11 is 0. The number of carbonyl (C=O) groups excluding carboxylic acids is 1. The van der Waals surface area contributed by atoms with Crippen LogP contribution >= 0.6 is 0 Å². The SMILES string of the molecule is O=C(N[C@H]1CCOC[C@H]1O)OCc1ccccc1. The molecule has 0 unspecified atom stereocenters. The highest BCUT2D eigenvalue weighted by Gasteiger charge is 2.25. The number of aliphatic hydroxyl groups excluding tert-OH is 1. The molecule has 5 heteroatoms. The topological polar surface area (TPSA) is 67.8 Å². The average molecular weight is 251 g/mol. The van der Waals surface area contributed by atoms with E-state index in [1.54, 1.807) is 0 Å². The van der Waals surface area contributed by atoms with E-state index in [0.717, 1.165) is 5.56 Å². The molecule has 0 aliphatic carbocycles. The molecule has 2 N–H and O–H groups in total. The summed E-state index contributed by atoms with van der Waals surface area (Å²) in [4.78, 5) is 11.5. The van der Waals surface area contributed by atoms with Gasteiger partial charge < -0.3 is 19.9 Å². The van der Waals surface area contributed by atoms with Crippen molar-refractivity contribution in [2.45, 2.75) is 25.2 Å². The minimum Gasteiger partial charge on any atom is -0.445 e. The van der Waals surface area contributed by atoms with Gasteiger partial charge in [-0.3, -0.25) is 0 Å². The molecule has 18 heavy (non-hydrogen) atoms. The Balaban J connectivity index is 1.75. The molecular weight excluding hydrogens is 234 g/mol. The van der Waals surface area contributed by atoms with Crippen molar-refractivity contribution in [1.29, 1.82) is 0 Å². The van der Waals surface area contributed by atoms with E-state index < -0.39 is 12.2 Å². The van der Waals surface area contributed by atoms with E-state index in [4.69, 9.17) is 9.47 Å². The Morgan fingerprint density at radius 2 is 2.22 bits per heavy atom. The second kappa shape index (κ2) is 6.37. The molecule has 1 saturated heterocycles. The molecule has 1 aliphatic heterocycles. The largest absolute Gasteiger partial charge is 0.445 e. The molecule has 98 valence electrons. The van der Waals surface area contributed by atoms with Crippen molar-refractivity contribution >= 4 is 6.09 Å². The molecule has 1 aromatic carbocycles. The van der Waals surface area contributed by atoms with Gasteiger partial charge in [-0.2, -0.15) is 0 Å². The maximum atomic E-state index is 11.5. The highest BCUT2D eigenvalue weighted by atomic mass is 16.5. The highest BCUT2D eigenvalue weighted by molar-refractivity contribution is 5.67. The molecule has 0 spiro atoms. The number of ether oxygens (including phenoxy) is 2. The van der Waals surface area contributed by atoms with Crippen molar-refractivity contribution in [2.75, 3.05) is 13.2 Å². The summed E-state index contributed by atoms with van der Waals surface area (Å²) in [6, 6.07) is 9.16. The summed E-state index contributed by atoms with van der Waals surface area (Å²) < 4.78 is 10.2. The molecule has 1 heterocycles. The molecule has 1 aliphatic rings. The zero-order chi connectivity index (χ0) is 12.8. The smallest absolute Gasteiger partial charge is 0.407 e. The predicted molar refractivity (Wildman–Crippen MR) is 65.0 cm³/mol. The van der Waals surface area contributed by atoms with Gasteiger partial charge in [-0.25, -0.2) is 4.79 Å². The van der Waals surface area contributed by atoms with Gasteiger partial charge >= 0.3 is 6.09 Å². The van der Waals surface area contributed by atoms with Crippen LogP contribution in [0.4, 0.5) is 4.79 Å². The van der Waals surface area contributed by atoms with Gasteiger partial charge in [0.05, 0.1) is 18.8 Å². The van der Waals surface area contributed by atoms with Crippen LogP contribution in [0.3, 0.4) is 0 Å². The Morgan fingerprint density at radius 1 is 1.44 bits per heavy atom. The minimum atomic E-state index is -0.664. The number of aliphatic hydroxyl groups is 1. The molecule has 0 bridgehead atoms. The lowest BCUT2D eigenvalue weighted by atomic mass is 10.1. The van der Waals surface area contributed by atoms with Crippen molar-refractivity contribution in [1.82, 2.24) is 5.32 Å². The third kappa shape index (κ3) is 3.72. The third-order valence-corrected chi connectivity index (χ3v) is 2.84. The van der Waals surface area contributed by atoms with E-state index >= 15 is 0 Å². The summed E-state index contributed by atoms with van der Waals surface area (Å²) in [7, 11) is 0. The Kier molecular flexibility index (Phi) is 4.55. The first-order valence-electron chi connectivity index (χ1n) is 5.99. The molecule has 2 rings (SSSR count). The first kappa shape index (κ1) is 12.9. The van der Waals surface area contributed by atoms with Crippen LogP contribution in [-0.4, -0.2) is 36.6 Å². The maximum absolute atomic E-state index is 11.5. The van der Waals surface area contributed by atoms with Gasteiger partial charge in [0.2, 0.25) is 0 Å². The second-order valence-electron chi connectivity index (χ2n) is 4.24. The van der Waals surface area contributed by atoms with E-state index in [0.29, 0.717) is 13.0 Å². The Bertz CT molecular complexity index is 382. The van der Waals surface area contributed by atoms with Gasteiger partial charge in [0.25, 0.3) is 0 Å². The number of hydrogen-bond acceptors (Lipinski definition) is 4. The average Bonchev–Trinajstić information content (AvgIpc) is 2.40. The molecule has 5 nitrogen and oxygen atoms in total. The molecule has 1 fully saturated rings. The van der Waals surface area contributed by atoms with Crippen LogP contribution < -0.4 is 5.32 Å². The van der Waals surface area contributed by atoms with Crippen molar-refractivity contribution in [2.24, 2.45) is 0 Å². The van der Waals surface area contributed by atoms with E-state index in [9.17, 15) is 9.90 Å². The van der Waals surface area contributed by atoms with Crippen molar-refractivity contribution in [3.63, 3.8) is 0 Å². The Hall–Kier alpha value is -1.59. The third-order valence-electron chi connectivity index (χ3n) is 2.84. The number of hydrogen-bond donors (Lipinski definition) is 2. The summed E-state index contributed by atoms with van der Waals surface area (Å²) in [5.74, 6) is 0. The number of nitrogens with one attached hydrogen (secondary N) is 1. The number of benzene rings is 1. The second-order valence-corrected chi connectivity index (χ2v) is 4.24. The maximum Gasteiger partial charge on any atom is 0.407 e. The van der Waals surface area contributed by atoms with E-state index in [1.807, 2.05) is 30.3 Å². The summed E-state index contributed by atoms with van der Waals surface area (Å²) in [6.07, 6.45) is -0.574. The van der Waals surface area contributed by atoms with Gasteiger partial charge in [-0.05, 0) is 12.0 Å². The number of carbonyl (C=O) groups is 1. The molecular formula is C13H17NO4. The van der Waals surface area contributed by atoms with Crippen LogP contribution in [0.5, 0.6) is 0 Å². The number of alkyl carbamates (subject to hydrolysis) is 1.